The Hall–Kier alpha value is -1.91. The second kappa shape index (κ2) is 10.8. The number of methoxy groups -OCH3 is 1. The molecule has 0 aliphatic carbocycles. The first-order valence-corrected chi connectivity index (χ1v) is 8.42. The Morgan fingerprint density at radius 2 is 1.87 bits per heavy atom. The highest BCUT2D eigenvalue weighted by atomic mass is 16.5. The first kappa shape index (κ1) is 19.1. The molecule has 0 atom stereocenters. The molecule has 0 aliphatic rings. The number of ether oxygens (including phenoxy) is 2. The lowest BCUT2D eigenvalue weighted by Gasteiger charge is -2.17. The second-order valence-corrected chi connectivity index (χ2v) is 5.41. The average Bonchev–Trinajstić information content (AvgIpc) is 2.59. The van der Waals surface area contributed by atoms with Gasteiger partial charge in [0.1, 0.15) is 0 Å². The van der Waals surface area contributed by atoms with Gasteiger partial charge in [-0.25, -0.2) is 0 Å². The van der Waals surface area contributed by atoms with Crippen molar-refractivity contribution >= 4 is 5.96 Å². The van der Waals surface area contributed by atoms with Crippen LogP contribution in [-0.2, 0) is 6.54 Å². The van der Waals surface area contributed by atoms with Crippen LogP contribution in [0.1, 0.15) is 39.2 Å². The Labute approximate surface area is 140 Å². The molecule has 1 rings (SSSR count). The van der Waals surface area contributed by atoms with Gasteiger partial charge >= 0.3 is 0 Å². The van der Waals surface area contributed by atoms with Crippen LogP contribution in [0.5, 0.6) is 11.5 Å². The van der Waals surface area contributed by atoms with Crippen molar-refractivity contribution in [2.24, 2.45) is 10.9 Å². The summed E-state index contributed by atoms with van der Waals surface area (Å²) in [5.41, 5.74) is 1.12. The van der Waals surface area contributed by atoms with E-state index in [1.165, 1.54) is 12.8 Å². The van der Waals surface area contributed by atoms with Crippen LogP contribution in [0.4, 0.5) is 0 Å². The standard InChI is InChI=1S/C18H31N3O2/c1-6-14(7-2)12-20-18(19-4)21-13-15-9-10-16(23-8-3)17(11-15)22-5/h9-11,14H,6-8,12-13H2,1-5H3,(H2,19,20,21). The van der Waals surface area contributed by atoms with Gasteiger partial charge < -0.3 is 20.1 Å². The van der Waals surface area contributed by atoms with Gasteiger partial charge in [0.05, 0.1) is 13.7 Å². The van der Waals surface area contributed by atoms with E-state index in [-0.39, 0.29) is 0 Å². The third-order valence-corrected chi connectivity index (χ3v) is 3.92. The molecule has 130 valence electrons. The summed E-state index contributed by atoms with van der Waals surface area (Å²) in [6, 6.07) is 5.97. The van der Waals surface area contributed by atoms with Crippen LogP contribution in [0, 0.1) is 5.92 Å². The van der Waals surface area contributed by atoms with Crippen molar-refractivity contribution in [3.8, 4) is 11.5 Å². The molecule has 5 heteroatoms. The van der Waals surface area contributed by atoms with E-state index in [1.807, 2.05) is 25.1 Å². The van der Waals surface area contributed by atoms with E-state index in [4.69, 9.17) is 9.47 Å². The molecule has 1 aromatic rings. The number of guanidine groups is 1. The molecule has 0 amide bonds. The van der Waals surface area contributed by atoms with Crippen molar-refractivity contribution in [1.29, 1.82) is 0 Å². The van der Waals surface area contributed by atoms with Crippen LogP contribution in [0.3, 0.4) is 0 Å². The Morgan fingerprint density at radius 1 is 1.13 bits per heavy atom. The van der Waals surface area contributed by atoms with Crippen LogP contribution in [0.2, 0.25) is 0 Å². The zero-order valence-corrected chi connectivity index (χ0v) is 15.1. The van der Waals surface area contributed by atoms with E-state index >= 15 is 0 Å². The summed E-state index contributed by atoms with van der Waals surface area (Å²) >= 11 is 0. The van der Waals surface area contributed by atoms with E-state index in [2.05, 4.69) is 29.5 Å². The molecule has 0 bridgehead atoms. The molecule has 0 heterocycles. The van der Waals surface area contributed by atoms with Gasteiger partial charge in [0, 0.05) is 20.1 Å². The number of nitrogens with one attached hydrogen (secondary N) is 2. The van der Waals surface area contributed by atoms with Crippen LogP contribution < -0.4 is 20.1 Å². The fourth-order valence-electron chi connectivity index (χ4n) is 2.32. The lowest BCUT2D eigenvalue weighted by atomic mass is 10.0. The molecule has 0 aromatic heterocycles. The van der Waals surface area contributed by atoms with Crippen LogP contribution >= 0.6 is 0 Å². The third-order valence-electron chi connectivity index (χ3n) is 3.92. The van der Waals surface area contributed by atoms with E-state index in [9.17, 15) is 0 Å². The van der Waals surface area contributed by atoms with Gasteiger partial charge in [0.25, 0.3) is 0 Å². The molecule has 5 nitrogen and oxygen atoms in total. The predicted octanol–water partition coefficient (Wildman–Crippen LogP) is 3.20. The lowest BCUT2D eigenvalue weighted by molar-refractivity contribution is 0.310. The Morgan fingerprint density at radius 3 is 2.43 bits per heavy atom. The monoisotopic (exact) mass is 321 g/mol. The molecule has 0 unspecified atom stereocenters. The topological polar surface area (TPSA) is 54.9 Å². The number of hydrogen-bond donors (Lipinski definition) is 2. The number of nitrogens with zero attached hydrogens (tertiary/aromatic N) is 1. The van der Waals surface area contributed by atoms with E-state index < -0.39 is 0 Å². The van der Waals surface area contributed by atoms with E-state index in [0.29, 0.717) is 19.1 Å². The molecule has 0 fully saturated rings. The van der Waals surface area contributed by atoms with Crippen molar-refractivity contribution in [3.63, 3.8) is 0 Å². The summed E-state index contributed by atoms with van der Waals surface area (Å²) in [6.07, 6.45) is 2.35. The van der Waals surface area contributed by atoms with Crippen molar-refractivity contribution in [2.75, 3.05) is 27.3 Å². The molecule has 2 N–H and O–H groups in total. The lowest BCUT2D eigenvalue weighted by Crippen LogP contribution is -2.39. The smallest absolute Gasteiger partial charge is 0.191 e. The predicted molar refractivity (Wildman–Crippen MR) is 96.4 cm³/mol. The van der Waals surface area contributed by atoms with Crippen LogP contribution in [0.25, 0.3) is 0 Å². The average molecular weight is 321 g/mol. The van der Waals surface area contributed by atoms with Crippen LogP contribution in [-0.4, -0.2) is 33.3 Å². The maximum absolute atomic E-state index is 5.54. The van der Waals surface area contributed by atoms with Gasteiger partial charge in [-0.3, -0.25) is 4.99 Å². The summed E-state index contributed by atoms with van der Waals surface area (Å²) in [5.74, 6) is 3.03. The Balaban J connectivity index is 2.58. The van der Waals surface area contributed by atoms with Gasteiger partial charge in [0.2, 0.25) is 0 Å². The maximum Gasteiger partial charge on any atom is 0.191 e. The summed E-state index contributed by atoms with van der Waals surface area (Å²) in [5, 5.41) is 6.72. The van der Waals surface area contributed by atoms with Crippen molar-refractivity contribution in [1.82, 2.24) is 10.6 Å². The minimum Gasteiger partial charge on any atom is -0.493 e. The SMILES string of the molecule is CCOc1ccc(CNC(=NC)NCC(CC)CC)cc1OC. The van der Waals surface area contributed by atoms with Gasteiger partial charge in [-0.15, -0.1) is 0 Å². The first-order valence-electron chi connectivity index (χ1n) is 8.42. The highest BCUT2D eigenvalue weighted by Gasteiger charge is 2.07. The summed E-state index contributed by atoms with van der Waals surface area (Å²) in [6.45, 7) is 8.66. The zero-order valence-electron chi connectivity index (χ0n) is 15.1. The minimum atomic E-state index is 0.626. The van der Waals surface area contributed by atoms with Crippen molar-refractivity contribution in [3.05, 3.63) is 23.8 Å². The number of benzene rings is 1. The minimum absolute atomic E-state index is 0.626. The highest BCUT2D eigenvalue weighted by Crippen LogP contribution is 2.27. The maximum atomic E-state index is 5.54. The van der Waals surface area contributed by atoms with Crippen molar-refractivity contribution in [2.45, 2.75) is 40.2 Å². The fourth-order valence-corrected chi connectivity index (χ4v) is 2.32. The second-order valence-electron chi connectivity index (χ2n) is 5.41. The third kappa shape index (κ3) is 6.38. The fraction of sp³-hybridized carbons (Fsp3) is 0.611. The Kier molecular flexibility index (Phi) is 8.95. The highest BCUT2D eigenvalue weighted by molar-refractivity contribution is 5.79. The molecule has 0 saturated heterocycles. The van der Waals surface area contributed by atoms with Gasteiger partial charge in [0.15, 0.2) is 17.5 Å². The molecule has 1 aromatic carbocycles. The largest absolute Gasteiger partial charge is 0.493 e. The molecular weight excluding hydrogens is 290 g/mol. The molecule has 0 saturated carbocycles. The Bertz CT molecular complexity index is 485. The van der Waals surface area contributed by atoms with Crippen molar-refractivity contribution < 1.29 is 9.47 Å². The number of aliphatic imine (C=N–C) groups is 1. The van der Waals surface area contributed by atoms with Gasteiger partial charge in [-0.1, -0.05) is 32.8 Å². The molecule has 0 aliphatic heterocycles. The summed E-state index contributed by atoms with van der Waals surface area (Å²) in [4.78, 5) is 4.27. The summed E-state index contributed by atoms with van der Waals surface area (Å²) < 4.78 is 10.9. The van der Waals surface area contributed by atoms with Gasteiger partial charge in [-0.2, -0.15) is 0 Å². The quantitative estimate of drug-likeness (QED) is 0.542. The van der Waals surface area contributed by atoms with Gasteiger partial charge in [-0.05, 0) is 30.5 Å². The normalized spacial score (nSPS) is 11.5. The molecule has 0 spiro atoms. The number of hydrogen-bond acceptors (Lipinski definition) is 3. The molecule has 0 radical (unpaired) electrons. The number of rotatable bonds is 9. The molecule has 23 heavy (non-hydrogen) atoms. The first-order chi connectivity index (χ1) is 11.2. The zero-order chi connectivity index (χ0) is 17.1. The van der Waals surface area contributed by atoms with E-state index in [1.54, 1.807) is 14.2 Å². The van der Waals surface area contributed by atoms with E-state index in [0.717, 1.165) is 29.6 Å². The molecular formula is C18H31N3O2. The summed E-state index contributed by atoms with van der Waals surface area (Å²) in [7, 11) is 3.45. The van der Waals surface area contributed by atoms with Crippen LogP contribution in [0.15, 0.2) is 23.2 Å².